The summed E-state index contributed by atoms with van der Waals surface area (Å²) in [5.74, 6) is 2.36. The zero-order valence-corrected chi connectivity index (χ0v) is 37.1. The van der Waals surface area contributed by atoms with Crippen LogP contribution >= 0.6 is 0 Å². The normalized spacial score (nSPS) is 13.7. The second-order valence-corrected chi connectivity index (χ2v) is 15.6. The van der Waals surface area contributed by atoms with E-state index in [0.717, 1.165) is 95.3 Å². The summed E-state index contributed by atoms with van der Waals surface area (Å²) in [7, 11) is 6.67. The smallest absolute Gasteiger partial charge is 0.337 e. The number of nitrogens with zero attached hydrogens (tertiary/aromatic N) is 5. The van der Waals surface area contributed by atoms with Crippen LogP contribution in [0, 0.1) is 0 Å². The number of benzene rings is 6. The van der Waals surface area contributed by atoms with Crippen LogP contribution in [0.25, 0.3) is 43.6 Å². The summed E-state index contributed by atoms with van der Waals surface area (Å²) in [6.07, 6.45) is 0. The SMILES string of the molecule is COc1cc(OC)cc(N2CCN(C(=O)c3c4ccccc4nc4ccccc34)CC2)c1.COc1cc(OC)cc(N2CC[NH2+]CC2)c1.O=C(O)c1c2ccccc2nc2ccccc12. The van der Waals surface area contributed by atoms with Crippen molar-refractivity contribution < 1.29 is 39.0 Å². The maximum Gasteiger partial charge on any atom is 0.337 e. The number of fused-ring (bicyclic) bond motifs is 4. The van der Waals surface area contributed by atoms with Gasteiger partial charge in [0.2, 0.25) is 0 Å². The van der Waals surface area contributed by atoms with Gasteiger partial charge in [0.25, 0.3) is 5.91 Å². The lowest BCUT2D eigenvalue weighted by Crippen LogP contribution is -2.89. The minimum absolute atomic E-state index is 0.0580. The molecule has 13 nitrogen and oxygen atoms in total. The molecular formula is C52H53N6O7+. The Hall–Kier alpha value is -7.64. The Morgan fingerprint density at radius 2 is 0.815 bits per heavy atom. The van der Waals surface area contributed by atoms with Gasteiger partial charge in [0.15, 0.2) is 0 Å². The molecule has 0 atom stereocenters. The maximum atomic E-state index is 13.7. The van der Waals surface area contributed by atoms with Crippen molar-refractivity contribution in [3.8, 4) is 23.0 Å². The monoisotopic (exact) mass is 873 g/mol. The van der Waals surface area contributed by atoms with Crippen LogP contribution in [0.2, 0.25) is 0 Å². The number of quaternary nitrogens is 1. The number of pyridine rings is 2. The molecular weight excluding hydrogens is 821 g/mol. The molecule has 10 rings (SSSR count). The number of nitrogens with two attached hydrogens (primary N) is 1. The molecule has 2 aliphatic heterocycles. The van der Waals surface area contributed by atoms with E-state index in [0.29, 0.717) is 40.5 Å². The Balaban J connectivity index is 0.000000147. The van der Waals surface area contributed by atoms with Crippen molar-refractivity contribution >= 4 is 66.9 Å². The van der Waals surface area contributed by atoms with Crippen LogP contribution in [0.5, 0.6) is 23.0 Å². The molecule has 0 unspecified atom stereocenters. The number of rotatable bonds is 8. The number of carboxylic acid groups (broad SMARTS) is 1. The van der Waals surface area contributed by atoms with Crippen LogP contribution in [0.3, 0.4) is 0 Å². The highest BCUT2D eigenvalue weighted by Gasteiger charge is 2.26. The molecule has 2 aliphatic rings. The third-order valence-corrected chi connectivity index (χ3v) is 11.8. The second-order valence-electron chi connectivity index (χ2n) is 15.6. The Bertz CT molecular complexity index is 2810. The number of ether oxygens (including phenoxy) is 4. The lowest BCUT2D eigenvalue weighted by molar-refractivity contribution is -0.655. The van der Waals surface area contributed by atoms with Gasteiger partial charge in [-0.3, -0.25) is 4.79 Å². The number of amides is 1. The van der Waals surface area contributed by atoms with Gasteiger partial charge in [0.05, 0.1) is 87.8 Å². The third kappa shape index (κ3) is 9.80. The van der Waals surface area contributed by atoms with Crippen LogP contribution in [0.4, 0.5) is 11.4 Å². The van der Waals surface area contributed by atoms with Crippen molar-refractivity contribution in [2.24, 2.45) is 0 Å². The number of anilines is 2. The molecule has 0 saturated carbocycles. The van der Waals surface area contributed by atoms with Crippen LogP contribution in [-0.2, 0) is 0 Å². The summed E-state index contributed by atoms with van der Waals surface area (Å²) in [5, 5.41) is 14.9. The van der Waals surface area contributed by atoms with Gasteiger partial charge in [0.1, 0.15) is 23.0 Å². The quantitative estimate of drug-likeness (QED) is 0.146. The van der Waals surface area contributed by atoms with Gasteiger partial charge >= 0.3 is 5.97 Å². The van der Waals surface area contributed by atoms with Crippen LogP contribution in [0.1, 0.15) is 20.7 Å². The maximum absolute atomic E-state index is 13.7. The van der Waals surface area contributed by atoms with Crippen LogP contribution in [0.15, 0.2) is 133 Å². The van der Waals surface area contributed by atoms with Crippen molar-refractivity contribution in [3.63, 3.8) is 0 Å². The molecule has 65 heavy (non-hydrogen) atoms. The molecule has 2 saturated heterocycles. The van der Waals surface area contributed by atoms with Gasteiger partial charge < -0.3 is 44.1 Å². The van der Waals surface area contributed by atoms with Gasteiger partial charge in [-0.05, 0) is 24.3 Å². The minimum Gasteiger partial charge on any atom is -0.497 e. The number of aromatic carboxylic acids is 1. The summed E-state index contributed by atoms with van der Waals surface area (Å²) in [5.41, 5.74) is 6.40. The van der Waals surface area contributed by atoms with E-state index in [-0.39, 0.29) is 5.91 Å². The Morgan fingerprint density at radius 3 is 1.17 bits per heavy atom. The predicted octanol–water partition coefficient (Wildman–Crippen LogP) is 7.54. The molecule has 2 fully saturated rings. The topological polar surface area (TPSA) is 143 Å². The zero-order chi connectivity index (χ0) is 45.3. The fourth-order valence-corrected chi connectivity index (χ4v) is 8.43. The average molecular weight is 874 g/mol. The molecule has 332 valence electrons. The molecule has 6 aromatic carbocycles. The summed E-state index contributed by atoms with van der Waals surface area (Å²) in [6, 6.07) is 42.2. The van der Waals surface area contributed by atoms with Crippen molar-refractivity contribution in [2.75, 3.05) is 90.6 Å². The number of aromatic nitrogens is 2. The average Bonchev–Trinajstić information content (AvgIpc) is 3.37. The van der Waals surface area contributed by atoms with Crippen LogP contribution < -0.4 is 34.1 Å². The van der Waals surface area contributed by atoms with Gasteiger partial charge in [0, 0.05) is 95.5 Å². The van der Waals surface area contributed by atoms with Gasteiger partial charge in [-0.2, -0.15) is 0 Å². The third-order valence-electron chi connectivity index (χ3n) is 11.8. The first-order valence-corrected chi connectivity index (χ1v) is 21.6. The molecule has 1 amide bonds. The molecule has 0 bridgehead atoms. The molecule has 4 heterocycles. The zero-order valence-electron chi connectivity index (χ0n) is 37.1. The molecule has 8 aromatic rings. The second kappa shape index (κ2) is 20.2. The predicted molar refractivity (Wildman–Crippen MR) is 257 cm³/mol. The molecule has 0 radical (unpaired) electrons. The number of carbonyl (C=O) groups excluding carboxylic acids is 1. The minimum atomic E-state index is -0.917. The fourth-order valence-electron chi connectivity index (χ4n) is 8.43. The molecule has 2 aromatic heterocycles. The van der Waals surface area contributed by atoms with E-state index in [1.165, 1.54) is 5.69 Å². The molecule has 0 spiro atoms. The first-order valence-electron chi connectivity index (χ1n) is 21.6. The van der Waals surface area contributed by atoms with E-state index in [1.807, 2.05) is 114 Å². The van der Waals surface area contributed by atoms with Crippen molar-refractivity contribution in [2.45, 2.75) is 0 Å². The molecule has 3 N–H and O–H groups in total. The number of carboxylic acids is 1. The fraction of sp³-hybridized carbons (Fsp3) is 0.231. The van der Waals surface area contributed by atoms with Gasteiger partial charge in [-0.1, -0.05) is 72.8 Å². The highest BCUT2D eigenvalue weighted by atomic mass is 16.5. The van der Waals surface area contributed by atoms with E-state index >= 15 is 0 Å². The number of methoxy groups -OCH3 is 4. The molecule has 13 heteroatoms. The Labute approximate surface area is 377 Å². The standard InChI is InChI=1S/C26H25N3O3.C14H9NO2.C12H18N2O2/c1-31-19-15-18(16-20(17-19)32-2)28-11-13-29(14-12-28)26(30)25-21-7-3-5-9-23(21)27-24-10-6-4-8-22(24)25;16-14(17)13-9-5-1-3-7-11(9)15-12-8-4-2-6-10(12)13;1-15-11-7-10(8-12(9-11)16-2)14-5-3-13-4-6-14/h3-10,15-17H,11-14H2,1-2H3;1-8H,(H,16,17);7-9,13H,3-6H2,1-2H3/p+1. The van der Waals surface area contributed by atoms with E-state index in [2.05, 4.69) is 32.2 Å². The van der Waals surface area contributed by atoms with E-state index in [9.17, 15) is 14.7 Å². The van der Waals surface area contributed by atoms with Crippen molar-refractivity contribution in [3.05, 3.63) is 145 Å². The first-order chi connectivity index (χ1) is 31.8. The van der Waals surface area contributed by atoms with Gasteiger partial charge in [-0.25, -0.2) is 14.8 Å². The van der Waals surface area contributed by atoms with E-state index < -0.39 is 5.97 Å². The number of piperazine rings is 2. The van der Waals surface area contributed by atoms with E-state index in [4.69, 9.17) is 23.9 Å². The Kier molecular flexibility index (Phi) is 13.7. The highest BCUT2D eigenvalue weighted by Crippen LogP contribution is 2.32. The van der Waals surface area contributed by atoms with Crippen LogP contribution in [-0.4, -0.2) is 113 Å². The summed E-state index contributed by atoms with van der Waals surface area (Å²) >= 11 is 0. The number of hydrogen-bond acceptors (Lipinski definition) is 10. The summed E-state index contributed by atoms with van der Waals surface area (Å²) in [6.45, 7) is 7.23. The highest BCUT2D eigenvalue weighted by molar-refractivity contribution is 6.16. The first kappa shape index (κ1) is 44.0. The summed E-state index contributed by atoms with van der Waals surface area (Å²) < 4.78 is 21.4. The largest absolute Gasteiger partial charge is 0.497 e. The lowest BCUT2D eigenvalue weighted by Gasteiger charge is -2.36. The number of hydrogen-bond donors (Lipinski definition) is 2. The lowest BCUT2D eigenvalue weighted by atomic mass is 10.0. The summed E-state index contributed by atoms with van der Waals surface area (Å²) in [4.78, 5) is 40.9. The van der Waals surface area contributed by atoms with Crippen molar-refractivity contribution in [1.82, 2.24) is 14.9 Å². The molecule has 0 aliphatic carbocycles. The van der Waals surface area contributed by atoms with E-state index in [1.54, 1.807) is 40.6 Å². The van der Waals surface area contributed by atoms with Crippen molar-refractivity contribution in [1.29, 1.82) is 0 Å². The number of para-hydroxylation sites is 4. The Morgan fingerprint density at radius 1 is 0.477 bits per heavy atom. The number of carbonyl (C=O) groups is 2. The van der Waals surface area contributed by atoms with Gasteiger partial charge in [-0.15, -0.1) is 0 Å².